The Balaban J connectivity index is 1.91. The highest BCUT2D eigenvalue weighted by molar-refractivity contribution is 5.93. The minimum Gasteiger partial charge on any atom is -0.336 e. The maximum atomic E-state index is 14.5. The zero-order valence-corrected chi connectivity index (χ0v) is 13.2. The van der Waals surface area contributed by atoms with E-state index < -0.39 is 11.9 Å². The first-order valence-corrected chi connectivity index (χ1v) is 7.28. The van der Waals surface area contributed by atoms with Crippen LogP contribution in [0, 0.1) is 19.8 Å². The Kier molecular flexibility index (Phi) is 3.82. The van der Waals surface area contributed by atoms with Gasteiger partial charge in [0.05, 0.1) is 0 Å². The smallest absolute Gasteiger partial charge is 0.277 e. The molecule has 1 amide bonds. The molecule has 0 N–H and O–H groups in total. The van der Waals surface area contributed by atoms with Crippen LogP contribution in [0.4, 0.5) is 4.39 Å². The van der Waals surface area contributed by atoms with Gasteiger partial charge in [0.2, 0.25) is 5.95 Å². The maximum absolute atomic E-state index is 14.5. The number of hydrogen-bond acceptors (Lipinski definition) is 3. The average Bonchev–Trinajstić information content (AvgIpc) is 2.85. The predicted molar refractivity (Wildman–Crippen MR) is 84.7 cm³/mol. The van der Waals surface area contributed by atoms with Gasteiger partial charge in [0.15, 0.2) is 5.69 Å². The van der Waals surface area contributed by atoms with Crippen molar-refractivity contribution >= 4 is 11.6 Å². The molecule has 0 aliphatic heterocycles. The van der Waals surface area contributed by atoms with Gasteiger partial charge in [-0.25, -0.2) is 4.98 Å². The molecule has 0 atom stereocenters. The molecule has 0 aliphatic rings. The minimum atomic E-state index is -0.624. The number of aromatic nitrogens is 3. The number of imidazole rings is 1. The van der Waals surface area contributed by atoms with E-state index in [1.807, 2.05) is 19.1 Å². The summed E-state index contributed by atoms with van der Waals surface area (Å²) in [5.41, 5.74) is 2.78. The summed E-state index contributed by atoms with van der Waals surface area (Å²) in [5.74, 6) is -1.07. The zero-order valence-electron chi connectivity index (χ0n) is 13.2. The van der Waals surface area contributed by atoms with Gasteiger partial charge in [0, 0.05) is 31.2 Å². The predicted octanol–water partition coefficient (Wildman–Crippen LogP) is 2.76. The quantitative estimate of drug-likeness (QED) is 0.747. The van der Waals surface area contributed by atoms with Crippen LogP contribution in [0.25, 0.3) is 5.65 Å². The molecule has 6 heteroatoms. The van der Waals surface area contributed by atoms with E-state index in [1.165, 1.54) is 9.30 Å². The van der Waals surface area contributed by atoms with Crippen LogP contribution < -0.4 is 0 Å². The highest BCUT2D eigenvalue weighted by Crippen LogP contribution is 2.16. The molecule has 118 valence electrons. The summed E-state index contributed by atoms with van der Waals surface area (Å²) in [6.07, 6.45) is 1.69. The van der Waals surface area contributed by atoms with E-state index >= 15 is 0 Å². The van der Waals surface area contributed by atoms with Crippen molar-refractivity contribution in [3.8, 4) is 0 Å². The number of amides is 1. The second-order valence-corrected chi connectivity index (χ2v) is 5.58. The normalized spacial score (nSPS) is 11.0. The Morgan fingerprint density at radius 3 is 2.78 bits per heavy atom. The molecule has 5 nitrogen and oxygen atoms in total. The number of nitrogens with zero attached hydrogens (tertiary/aromatic N) is 4. The van der Waals surface area contributed by atoms with Crippen LogP contribution in [-0.4, -0.2) is 32.2 Å². The number of rotatable bonds is 3. The number of aryl methyl sites for hydroxylation is 2. The van der Waals surface area contributed by atoms with Crippen LogP contribution in [0.15, 0.2) is 36.5 Å². The third-order valence-corrected chi connectivity index (χ3v) is 3.71. The highest BCUT2D eigenvalue weighted by Gasteiger charge is 2.23. The molecule has 0 aromatic carbocycles. The first-order valence-electron chi connectivity index (χ1n) is 7.28. The summed E-state index contributed by atoms with van der Waals surface area (Å²) < 4.78 is 15.9. The molecule has 3 aromatic heterocycles. The molecule has 0 saturated carbocycles. The molecule has 3 rings (SSSR count). The monoisotopic (exact) mass is 312 g/mol. The van der Waals surface area contributed by atoms with E-state index in [-0.39, 0.29) is 5.69 Å². The Morgan fingerprint density at radius 2 is 2.09 bits per heavy atom. The van der Waals surface area contributed by atoms with E-state index in [4.69, 9.17) is 0 Å². The van der Waals surface area contributed by atoms with E-state index in [1.54, 1.807) is 38.4 Å². The first-order chi connectivity index (χ1) is 11.0. The molecule has 0 aliphatic carbocycles. The van der Waals surface area contributed by atoms with Gasteiger partial charge >= 0.3 is 0 Å². The van der Waals surface area contributed by atoms with Gasteiger partial charge in [0.1, 0.15) is 5.65 Å². The molecule has 0 saturated heterocycles. The van der Waals surface area contributed by atoms with Crippen molar-refractivity contribution in [1.29, 1.82) is 0 Å². The molecule has 3 heterocycles. The van der Waals surface area contributed by atoms with Crippen molar-refractivity contribution in [3.05, 3.63) is 65.1 Å². The molecule has 0 radical (unpaired) electrons. The second kappa shape index (κ2) is 5.79. The summed E-state index contributed by atoms with van der Waals surface area (Å²) in [7, 11) is 1.63. The van der Waals surface area contributed by atoms with Gasteiger partial charge in [-0.05, 0) is 43.7 Å². The lowest BCUT2D eigenvalue weighted by molar-refractivity contribution is 0.0774. The van der Waals surface area contributed by atoms with Gasteiger partial charge in [-0.1, -0.05) is 6.07 Å². The van der Waals surface area contributed by atoms with Gasteiger partial charge < -0.3 is 4.90 Å². The Bertz CT molecular complexity index is 887. The molecule has 3 aromatic rings. The van der Waals surface area contributed by atoms with Crippen LogP contribution in [0.2, 0.25) is 0 Å². The average molecular weight is 312 g/mol. The SMILES string of the molecule is Cc1cc(CN(C)C(=O)c2nc3cccc(C)n3c2F)ccn1. The largest absolute Gasteiger partial charge is 0.336 e. The van der Waals surface area contributed by atoms with E-state index in [0.717, 1.165) is 11.3 Å². The molecule has 23 heavy (non-hydrogen) atoms. The topological polar surface area (TPSA) is 50.5 Å². The van der Waals surface area contributed by atoms with Crippen LogP contribution in [0.5, 0.6) is 0 Å². The number of halogens is 1. The summed E-state index contributed by atoms with van der Waals surface area (Å²) in [6, 6.07) is 8.97. The van der Waals surface area contributed by atoms with Gasteiger partial charge in [-0.15, -0.1) is 0 Å². The number of carbonyl (C=O) groups is 1. The van der Waals surface area contributed by atoms with Crippen molar-refractivity contribution in [3.63, 3.8) is 0 Å². The first kappa shape index (κ1) is 15.1. The molecule has 0 fully saturated rings. The standard InChI is InChI=1S/C17H17FN4O/c1-11-9-13(7-8-19-11)10-21(3)17(23)15-16(18)22-12(2)5-4-6-14(22)20-15/h4-9H,10H2,1-3H3. The fraction of sp³-hybridized carbons (Fsp3) is 0.235. The molecular weight excluding hydrogens is 295 g/mol. The van der Waals surface area contributed by atoms with E-state index in [0.29, 0.717) is 17.9 Å². The van der Waals surface area contributed by atoms with Crippen LogP contribution >= 0.6 is 0 Å². The number of carbonyl (C=O) groups excluding carboxylic acids is 1. The second-order valence-electron chi connectivity index (χ2n) is 5.58. The lowest BCUT2D eigenvalue weighted by Crippen LogP contribution is -2.27. The van der Waals surface area contributed by atoms with Crippen molar-refractivity contribution in [2.24, 2.45) is 0 Å². The molecule has 0 spiro atoms. The van der Waals surface area contributed by atoms with Crippen molar-refractivity contribution < 1.29 is 9.18 Å². The number of hydrogen-bond donors (Lipinski definition) is 0. The highest BCUT2D eigenvalue weighted by atomic mass is 19.1. The van der Waals surface area contributed by atoms with Crippen LogP contribution in [0.3, 0.4) is 0 Å². The molecule has 0 unspecified atom stereocenters. The van der Waals surface area contributed by atoms with Crippen molar-refractivity contribution in [1.82, 2.24) is 19.3 Å². The fourth-order valence-corrected chi connectivity index (χ4v) is 2.58. The lowest BCUT2D eigenvalue weighted by atomic mass is 10.2. The van der Waals surface area contributed by atoms with Gasteiger partial charge in [-0.3, -0.25) is 14.2 Å². The zero-order chi connectivity index (χ0) is 16.6. The Morgan fingerprint density at radius 1 is 1.30 bits per heavy atom. The number of pyridine rings is 2. The summed E-state index contributed by atoms with van der Waals surface area (Å²) in [4.78, 5) is 22.2. The molecular formula is C17H17FN4O. The fourth-order valence-electron chi connectivity index (χ4n) is 2.58. The van der Waals surface area contributed by atoms with Crippen molar-refractivity contribution in [2.75, 3.05) is 7.05 Å². The van der Waals surface area contributed by atoms with E-state index in [9.17, 15) is 9.18 Å². The third kappa shape index (κ3) is 2.79. The van der Waals surface area contributed by atoms with Crippen molar-refractivity contribution in [2.45, 2.75) is 20.4 Å². The van der Waals surface area contributed by atoms with Gasteiger partial charge in [-0.2, -0.15) is 4.39 Å². The molecule has 0 bridgehead atoms. The maximum Gasteiger partial charge on any atom is 0.277 e. The summed E-state index contributed by atoms with van der Waals surface area (Å²) in [5, 5.41) is 0. The lowest BCUT2D eigenvalue weighted by Gasteiger charge is -2.16. The van der Waals surface area contributed by atoms with Gasteiger partial charge in [0.25, 0.3) is 5.91 Å². The van der Waals surface area contributed by atoms with Crippen LogP contribution in [-0.2, 0) is 6.54 Å². The summed E-state index contributed by atoms with van der Waals surface area (Å²) >= 11 is 0. The number of fused-ring (bicyclic) bond motifs is 1. The Labute approximate surface area is 133 Å². The van der Waals surface area contributed by atoms with E-state index in [2.05, 4.69) is 9.97 Å². The summed E-state index contributed by atoms with van der Waals surface area (Å²) in [6.45, 7) is 4.03. The minimum absolute atomic E-state index is 0.160. The Hall–Kier alpha value is -2.76. The third-order valence-electron chi connectivity index (χ3n) is 3.71. The van der Waals surface area contributed by atoms with Crippen LogP contribution in [0.1, 0.15) is 27.4 Å².